The first-order chi connectivity index (χ1) is 14.4. The fraction of sp³-hybridized carbons (Fsp3) is 0.292. The maximum atomic E-state index is 13.5. The van der Waals surface area contributed by atoms with Gasteiger partial charge in [0.15, 0.2) is 0 Å². The van der Waals surface area contributed by atoms with Crippen LogP contribution >= 0.6 is 0 Å². The fourth-order valence-electron chi connectivity index (χ4n) is 3.65. The number of carbonyl (C=O) groups is 1. The van der Waals surface area contributed by atoms with Crippen LogP contribution in [0.25, 0.3) is 11.3 Å². The van der Waals surface area contributed by atoms with Crippen molar-refractivity contribution in [1.29, 1.82) is 0 Å². The molecule has 1 amide bonds. The maximum Gasteiger partial charge on any atom is 0.270 e. The number of carbonyl (C=O) groups excluding carboxylic acids is 1. The van der Waals surface area contributed by atoms with Crippen LogP contribution in [-0.2, 0) is 6.61 Å². The molecule has 4 rings (SSSR count). The van der Waals surface area contributed by atoms with Crippen molar-refractivity contribution in [3.8, 4) is 11.3 Å². The van der Waals surface area contributed by atoms with Gasteiger partial charge in [0.05, 0.1) is 24.0 Å². The molecule has 1 saturated carbocycles. The lowest BCUT2D eigenvalue weighted by molar-refractivity contribution is 0.0925. The zero-order chi connectivity index (χ0) is 21.3. The molecule has 2 heterocycles. The molecule has 0 saturated heterocycles. The molecule has 0 radical (unpaired) electrons. The Morgan fingerprint density at radius 1 is 1.20 bits per heavy atom. The van der Waals surface area contributed by atoms with Gasteiger partial charge in [-0.05, 0) is 91.8 Å². The zero-order valence-electron chi connectivity index (χ0n) is 17.0. The van der Waals surface area contributed by atoms with E-state index in [9.17, 15) is 14.3 Å². The number of aryl methyl sites for hydroxylation is 2. The van der Waals surface area contributed by atoms with Crippen molar-refractivity contribution < 1.29 is 14.3 Å². The first kappa shape index (κ1) is 20.2. The molecule has 1 aliphatic carbocycles. The van der Waals surface area contributed by atoms with E-state index in [1.807, 2.05) is 19.1 Å². The van der Waals surface area contributed by atoms with Crippen molar-refractivity contribution in [3.63, 3.8) is 0 Å². The standard InChI is InChI=1S/C24H24FN3O2/c1-14-7-8-26-21(9-14)23(17-3-4-17)28-24(30)22-12-16(13-29)11-20(27-22)19-6-5-18(25)10-15(19)2/h5-12,17,23,29H,3-4,13H2,1-2H3,(H,28,30). The molecule has 2 N–H and O–H groups in total. The van der Waals surface area contributed by atoms with Gasteiger partial charge in [0.2, 0.25) is 0 Å². The second-order valence-corrected chi connectivity index (χ2v) is 7.91. The second-order valence-electron chi connectivity index (χ2n) is 7.91. The number of aliphatic hydroxyl groups excluding tert-OH is 1. The molecule has 0 spiro atoms. The highest BCUT2D eigenvalue weighted by molar-refractivity contribution is 5.93. The van der Waals surface area contributed by atoms with Gasteiger partial charge in [0, 0.05) is 11.8 Å². The van der Waals surface area contributed by atoms with Gasteiger partial charge in [-0.3, -0.25) is 9.78 Å². The molecule has 2 aromatic heterocycles. The zero-order valence-corrected chi connectivity index (χ0v) is 17.0. The molecule has 0 bridgehead atoms. The van der Waals surface area contributed by atoms with Crippen LogP contribution < -0.4 is 5.32 Å². The van der Waals surface area contributed by atoms with Crippen LogP contribution in [0.3, 0.4) is 0 Å². The molecule has 6 heteroatoms. The molecule has 1 aromatic carbocycles. The molecule has 1 atom stereocenters. The summed E-state index contributed by atoms with van der Waals surface area (Å²) in [5.41, 5.74) is 4.70. The van der Waals surface area contributed by atoms with Crippen LogP contribution in [0.15, 0.2) is 48.7 Å². The van der Waals surface area contributed by atoms with E-state index in [1.54, 1.807) is 31.3 Å². The number of rotatable bonds is 6. The summed E-state index contributed by atoms with van der Waals surface area (Å²) in [6.45, 7) is 3.57. The highest BCUT2D eigenvalue weighted by atomic mass is 19.1. The van der Waals surface area contributed by atoms with E-state index in [0.29, 0.717) is 22.7 Å². The molecule has 1 aliphatic rings. The maximum absolute atomic E-state index is 13.5. The molecule has 0 aliphatic heterocycles. The summed E-state index contributed by atoms with van der Waals surface area (Å²) in [7, 11) is 0. The predicted molar refractivity (Wildman–Crippen MR) is 112 cm³/mol. The van der Waals surface area contributed by atoms with Gasteiger partial charge in [-0.15, -0.1) is 0 Å². The summed E-state index contributed by atoms with van der Waals surface area (Å²) in [6, 6.07) is 11.5. The van der Waals surface area contributed by atoms with E-state index in [2.05, 4.69) is 15.3 Å². The van der Waals surface area contributed by atoms with Crippen LogP contribution in [-0.4, -0.2) is 21.0 Å². The second kappa shape index (κ2) is 8.32. The SMILES string of the molecule is Cc1ccnc(C(NC(=O)c2cc(CO)cc(-c3ccc(F)cc3C)n2)C2CC2)c1. The summed E-state index contributed by atoms with van der Waals surface area (Å²) >= 11 is 0. The van der Waals surface area contributed by atoms with E-state index >= 15 is 0 Å². The average Bonchev–Trinajstić information content (AvgIpc) is 3.56. The fourth-order valence-corrected chi connectivity index (χ4v) is 3.65. The molecular weight excluding hydrogens is 381 g/mol. The largest absolute Gasteiger partial charge is 0.392 e. The number of benzene rings is 1. The van der Waals surface area contributed by atoms with Gasteiger partial charge in [-0.25, -0.2) is 9.37 Å². The number of hydrogen-bond donors (Lipinski definition) is 2. The predicted octanol–water partition coefficient (Wildman–Crippen LogP) is 4.27. The van der Waals surface area contributed by atoms with Crippen molar-refractivity contribution >= 4 is 5.91 Å². The minimum atomic E-state index is -0.328. The van der Waals surface area contributed by atoms with Gasteiger partial charge in [0.1, 0.15) is 11.5 Å². The molecule has 1 unspecified atom stereocenters. The first-order valence-electron chi connectivity index (χ1n) is 10.1. The lowest BCUT2D eigenvalue weighted by Gasteiger charge is -2.18. The Balaban J connectivity index is 1.66. The third-order valence-corrected chi connectivity index (χ3v) is 5.40. The summed E-state index contributed by atoms with van der Waals surface area (Å²) in [5.74, 6) is -0.278. The van der Waals surface area contributed by atoms with Crippen LogP contribution in [0.2, 0.25) is 0 Å². The van der Waals surface area contributed by atoms with Crippen molar-refractivity contribution in [1.82, 2.24) is 15.3 Å². The molecular formula is C24H24FN3O2. The lowest BCUT2D eigenvalue weighted by Crippen LogP contribution is -2.31. The normalized spacial score (nSPS) is 14.4. The van der Waals surface area contributed by atoms with E-state index < -0.39 is 0 Å². The van der Waals surface area contributed by atoms with Crippen LogP contribution in [0.4, 0.5) is 4.39 Å². The van der Waals surface area contributed by atoms with Crippen LogP contribution in [0, 0.1) is 25.6 Å². The van der Waals surface area contributed by atoms with Crippen molar-refractivity contribution in [2.24, 2.45) is 5.92 Å². The minimum absolute atomic E-state index is 0.173. The van der Waals surface area contributed by atoms with Crippen molar-refractivity contribution in [2.75, 3.05) is 0 Å². The first-order valence-corrected chi connectivity index (χ1v) is 10.1. The molecule has 30 heavy (non-hydrogen) atoms. The summed E-state index contributed by atoms with van der Waals surface area (Å²) in [6.07, 6.45) is 3.85. The third-order valence-electron chi connectivity index (χ3n) is 5.40. The van der Waals surface area contributed by atoms with Crippen molar-refractivity contribution in [3.05, 3.63) is 82.6 Å². The number of nitrogens with one attached hydrogen (secondary N) is 1. The smallest absolute Gasteiger partial charge is 0.270 e. The van der Waals surface area contributed by atoms with E-state index in [-0.39, 0.29) is 30.1 Å². The van der Waals surface area contributed by atoms with E-state index in [0.717, 1.165) is 29.7 Å². The van der Waals surface area contributed by atoms with Crippen LogP contribution in [0.1, 0.15) is 51.8 Å². The number of nitrogens with zero attached hydrogens (tertiary/aromatic N) is 2. The Kier molecular flexibility index (Phi) is 5.59. The summed E-state index contributed by atoms with van der Waals surface area (Å²) in [5, 5.41) is 12.8. The molecule has 154 valence electrons. The Morgan fingerprint density at radius 2 is 2.00 bits per heavy atom. The summed E-state index contributed by atoms with van der Waals surface area (Å²) < 4.78 is 13.5. The highest BCUT2D eigenvalue weighted by Crippen LogP contribution is 2.40. The lowest BCUT2D eigenvalue weighted by atomic mass is 10.0. The Labute approximate surface area is 175 Å². The van der Waals surface area contributed by atoms with E-state index in [1.165, 1.54) is 12.1 Å². The minimum Gasteiger partial charge on any atom is -0.392 e. The number of hydrogen-bond acceptors (Lipinski definition) is 4. The monoisotopic (exact) mass is 405 g/mol. The number of aliphatic hydroxyl groups is 1. The Bertz CT molecular complexity index is 1100. The van der Waals surface area contributed by atoms with Crippen molar-refractivity contribution in [2.45, 2.75) is 39.3 Å². The van der Waals surface area contributed by atoms with Gasteiger partial charge < -0.3 is 10.4 Å². The topological polar surface area (TPSA) is 75.1 Å². The van der Waals surface area contributed by atoms with Crippen LogP contribution in [0.5, 0.6) is 0 Å². The molecule has 1 fully saturated rings. The van der Waals surface area contributed by atoms with Gasteiger partial charge in [-0.2, -0.15) is 0 Å². The Morgan fingerprint density at radius 3 is 2.67 bits per heavy atom. The Hall–Kier alpha value is -3.12. The highest BCUT2D eigenvalue weighted by Gasteiger charge is 2.34. The summed E-state index contributed by atoms with van der Waals surface area (Å²) in [4.78, 5) is 22.1. The van der Waals surface area contributed by atoms with Gasteiger partial charge in [-0.1, -0.05) is 0 Å². The van der Waals surface area contributed by atoms with Gasteiger partial charge >= 0.3 is 0 Å². The van der Waals surface area contributed by atoms with Gasteiger partial charge in [0.25, 0.3) is 5.91 Å². The average molecular weight is 405 g/mol. The number of aromatic nitrogens is 2. The van der Waals surface area contributed by atoms with E-state index in [4.69, 9.17) is 0 Å². The number of amides is 1. The molecule has 5 nitrogen and oxygen atoms in total. The number of halogens is 1. The number of pyridine rings is 2. The quantitative estimate of drug-likeness (QED) is 0.642. The molecule has 3 aromatic rings. The third kappa shape index (κ3) is 4.39.